The van der Waals surface area contributed by atoms with Crippen molar-refractivity contribution in [3.8, 4) is 0 Å². The van der Waals surface area contributed by atoms with Crippen LogP contribution in [0.3, 0.4) is 0 Å². The van der Waals surface area contributed by atoms with Gasteiger partial charge >= 0.3 is 0 Å². The number of aryl methyl sites for hydroxylation is 3. The van der Waals surface area contributed by atoms with E-state index in [-0.39, 0.29) is 22.3 Å². The van der Waals surface area contributed by atoms with Crippen LogP contribution < -0.4 is 9.44 Å². The van der Waals surface area contributed by atoms with E-state index < -0.39 is 20.0 Å². The third-order valence-corrected chi connectivity index (χ3v) is 6.69. The zero-order chi connectivity index (χ0) is 21.9. The Kier molecular flexibility index (Phi) is 6.09. The van der Waals surface area contributed by atoms with E-state index in [1.165, 1.54) is 24.3 Å². The van der Waals surface area contributed by atoms with Crippen molar-refractivity contribution in [2.45, 2.75) is 31.4 Å². The molecule has 1 heterocycles. The third kappa shape index (κ3) is 5.77. The van der Waals surface area contributed by atoms with Crippen LogP contribution in [0.25, 0.3) is 0 Å². The fraction of sp³-hybridized carbons (Fsp3) is 0.200. The van der Waals surface area contributed by atoms with Gasteiger partial charge in [-0.25, -0.2) is 31.5 Å². The molecule has 2 aromatic carbocycles. The van der Waals surface area contributed by atoms with Gasteiger partial charge in [0.15, 0.2) is 0 Å². The topological polar surface area (TPSA) is 118 Å². The van der Waals surface area contributed by atoms with Crippen LogP contribution in [0.5, 0.6) is 0 Å². The van der Waals surface area contributed by atoms with E-state index in [1.807, 2.05) is 13.0 Å². The summed E-state index contributed by atoms with van der Waals surface area (Å²) in [5.74, 6) is -0.198. The van der Waals surface area contributed by atoms with Crippen LogP contribution in [0, 0.1) is 20.8 Å². The average Bonchev–Trinajstić information content (AvgIpc) is 2.60. The summed E-state index contributed by atoms with van der Waals surface area (Å²) in [6.07, 6.45) is 0. The predicted octanol–water partition coefficient (Wildman–Crippen LogP) is 3.14. The molecule has 8 nitrogen and oxygen atoms in total. The van der Waals surface area contributed by atoms with E-state index in [2.05, 4.69) is 19.4 Å². The van der Waals surface area contributed by atoms with Crippen molar-refractivity contribution in [3.63, 3.8) is 0 Å². The minimum atomic E-state index is -3.91. The van der Waals surface area contributed by atoms with Gasteiger partial charge in [-0.1, -0.05) is 29.8 Å². The second-order valence-electron chi connectivity index (χ2n) is 6.95. The summed E-state index contributed by atoms with van der Waals surface area (Å²) in [6, 6.07) is 14.4. The Bertz CT molecular complexity index is 1250. The molecule has 0 saturated heterocycles. The Hall–Kier alpha value is -2.98. The highest BCUT2D eigenvalue weighted by atomic mass is 32.2. The first-order valence-electron chi connectivity index (χ1n) is 9.04. The number of benzene rings is 2. The quantitative estimate of drug-likeness (QED) is 0.576. The van der Waals surface area contributed by atoms with Crippen molar-refractivity contribution in [1.29, 1.82) is 0 Å². The highest BCUT2D eigenvalue weighted by Crippen LogP contribution is 2.19. The van der Waals surface area contributed by atoms with Gasteiger partial charge in [0.2, 0.25) is 16.0 Å². The number of rotatable bonds is 7. The molecule has 0 saturated carbocycles. The summed E-state index contributed by atoms with van der Waals surface area (Å²) in [6.45, 7) is 5.37. The molecular weight excluding hydrogens is 424 g/mol. The lowest BCUT2D eigenvalue weighted by Crippen LogP contribution is -2.17. The van der Waals surface area contributed by atoms with E-state index in [0.717, 1.165) is 5.56 Å². The van der Waals surface area contributed by atoms with Gasteiger partial charge in [0.1, 0.15) is 0 Å². The van der Waals surface area contributed by atoms with Crippen molar-refractivity contribution < 1.29 is 16.8 Å². The molecule has 0 atom stereocenters. The average molecular weight is 447 g/mol. The van der Waals surface area contributed by atoms with Gasteiger partial charge in [-0.15, -0.1) is 0 Å². The summed E-state index contributed by atoms with van der Waals surface area (Å²) >= 11 is 0. The van der Waals surface area contributed by atoms with Gasteiger partial charge in [0, 0.05) is 17.1 Å². The Morgan fingerprint density at radius 1 is 0.800 bits per heavy atom. The van der Waals surface area contributed by atoms with Crippen molar-refractivity contribution in [2.24, 2.45) is 0 Å². The first kappa shape index (κ1) is 21.7. The molecular formula is C20H22N4O4S2. The van der Waals surface area contributed by atoms with Crippen LogP contribution >= 0.6 is 0 Å². The highest BCUT2D eigenvalue weighted by Gasteiger charge is 2.17. The van der Waals surface area contributed by atoms with Gasteiger partial charge in [-0.3, -0.25) is 4.72 Å². The normalized spacial score (nSPS) is 11.8. The minimum Gasteiger partial charge on any atom is -0.283 e. The molecule has 30 heavy (non-hydrogen) atoms. The molecule has 0 aliphatic rings. The lowest BCUT2D eigenvalue weighted by Gasteiger charge is -2.11. The first-order valence-corrected chi connectivity index (χ1v) is 12.2. The van der Waals surface area contributed by atoms with Crippen LogP contribution in [0.4, 0.5) is 11.6 Å². The fourth-order valence-corrected chi connectivity index (χ4v) is 5.02. The zero-order valence-electron chi connectivity index (χ0n) is 16.7. The first-order chi connectivity index (χ1) is 14.0. The minimum absolute atomic E-state index is 0.0181. The van der Waals surface area contributed by atoms with E-state index in [1.54, 1.807) is 38.1 Å². The fourth-order valence-electron chi connectivity index (χ4n) is 2.89. The molecule has 0 unspecified atom stereocenters. The van der Waals surface area contributed by atoms with Crippen LogP contribution in [0.1, 0.15) is 22.5 Å². The van der Waals surface area contributed by atoms with Crippen molar-refractivity contribution in [3.05, 3.63) is 77.1 Å². The molecule has 0 radical (unpaired) electrons. The number of aromatic nitrogens is 2. The van der Waals surface area contributed by atoms with Crippen molar-refractivity contribution in [2.75, 3.05) is 9.44 Å². The van der Waals surface area contributed by atoms with Gasteiger partial charge in [-0.2, -0.15) is 0 Å². The summed E-state index contributed by atoms with van der Waals surface area (Å²) in [5.41, 5.74) is 3.18. The summed E-state index contributed by atoms with van der Waals surface area (Å²) in [5, 5.41) is 0. The molecule has 10 heteroatoms. The van der Waals surface area contributed by atoms with E-state index in [4.69, 9.17) is 0 Å². The molecule has 2 N–H and O–H groups in total. The molecule has 0 amide bonds. The predicted molar refractivity (Wildman–Crippen MR) is 116 cm³/mol. The molecule has 3 rings (SSSR count). The maximum absolute atomic E-state index is 12.6. The second-order valence-corrected chi connectivity index (χ2v) is 10.4. The summed E-state index contributed by atoms with van der Waals surface area (Å²) in [7, 11) is -7.56. The molecule has 0 bridgehead atoms. The van der Waals surface area contributed by atoms with Crippen LogP contribution in [0.2, 0.25) is 0 Å². The Morgan fingerprint density at radius 3 is 2.03 bits per heavy atom. The maximum atomic E-state index is 12.6. The second kappa shape index (κ2) is 8.41. The monoisotopic (exact) mass is 446 g/mol. The number of hydrogen-bond acceptors (Lipinski definition) is 6. The number of nitrogens with one attached hydrogen (secondary N) is 2. The lowest BCUT2D eigenvalue weighted by molar-refractivity contribution is 0.599. The molecule has 0 aliphatic carbocycles. The van der Waals surface area contributed by atoms with Crippen LogP contribution in [-0.2, 0) is 25.8 Å². The third-order valence-electron chi connectivity index (χ3n) is 4.09. The molecule has 0 spiro atoms. The maximum Gasteiger partial charge on any atom is 0.264 e. The van der Waals surface area contributed by atoms with Gasteiger partial charge in [-0.05, 0) is 56.7 Å². The van der Waals surface area contributed by atoms with Gasteiger partial charge in [0.05, 0.1) is 10.6 Å². The number of sulfonamides is 2. The molecule has 1 aromatic heterocycles. The SMILES string of the molecule is Cc1cccc(CS(=O)(=O)Nc2ccc(S(=O)(=O)Nc3nc(C)cc(C)n3)cc2)c1. The molecule has 0 fully saturated rings. The molecule has 158 valence electrons. The Labute approximate surface area is 176 Å². The molecule has 3 aromatic rings. The van der Waals surface area contributed by atoms with Crippen molar-refractivity contribution in [1.82, 2.24) is 9.97 Å². The van der Waals surface area contributed by atoms with E-state index in [0.29, 0.717) is 17.0 Å². The van der Waals surface area contributed by atoms with E-state index >= 15 is 0 Å². The Morgan fingerprint density at radius 2 is 1.43 bits per heavy atom. The zero-order valence-corrected chi connectivity index (χ0v) is 18.4. The lowest BCUT2D eigenvalue weighted by atomic mass is 10.2. The van der Waals surface area contributed by atoms with Crippen LogP contribution in [0.15, 0.2) is 59.5 Å². The Balaban J connectivity index is 1.73. The highest BCUT2D eigenvalue weighted by molar-refractivity contribution is 7.92. The summed E-state index contributed by atoms with van der Waals surface area (Å²) in [4.78, 5) is 8.09. The summed E-state index contributed by atoms with van der Waals surface area (Å²) < 4.78 is 54.7. The number of anilines is 2. The standard InChI is InChI=1S/C20H22N4O4S2/c1-14-5-4-6-17(11-14)13-29(25,26)23-18-7-9-19(10-8-18)30(27,28)24-20-21-15(2)12-16(3)22-20/h4-12,23H,13H2,1-3H3,(H,21,22,24). The van der Waals surface area contributed by atoms with Gasteiger partial charge < -0.3 is 0 Å². The number of hydrogen-bond donors (Lipinski definition) is 2. The van der Waals surface area contributed by atoms with Gasteiger partial charge in [0.25, 0.3) is 10.0 Å². The van der Waals surface area contributed by atoms with E-state index in [9.17, 15) is 16.8 Å². The molecule has 0 aliphatic heterocycles. The van der Waals surface area contributed by atoms with Crippen LogP contribution in [-0.4, -0.2) is 26.8 Å². The smallest absolute Gasteiger partial charge is 0.264 e. The number of nitrogens with zero attached hydrogens (tertiary/aromatic N) is 2. The van der Waals surface area contributed by atoms with Crippen molar-refractivity contribution >= 4 is 31.7 Å². The largest absolute Gasteiger partial charge is 0.283 e.